The summed E-state index contributed by atoms with van der Waals surface area (Å²) >= 11 is 3.63. The molecule has 7 heteroatoms. The van der Waals surface area contributed by atoms with E-state index in [0.29, 0.717) is 19.0 Å². The van der Waals surface area contributed by atoms with E-state index in [4.69, 9.17) is 24.0 Å². The van der Waals surface area contributed by atoms with Crippen molar-refractivity contribution in [2.75, 3.05) is 20.3 Å². The van der Waals surface area contributed by atoms with E-state index in [0.717, 1.165) is 69.8 Å². The number of hydrogen-bond acceptors (Lipinski definition) is 6. The van der Waals surface area contributed by atoms with Gasteiger partial charge in [-0.05, 0) is 79.6 Å². The molecule has 0 spiro atoms. The maximum atomic E-state index is 6.56. The maximum absolute atomic E-state index is 6.56. The molecule has 0 N–H and O–H groups in total. The second-order valence-electron chi connectivity index (χ2n) is 9.22. The van der Waals surface area contributed by atoms with Crippen molar-refractivity contribution < 1.29 is 18.9 Å². The van der Waals surface area contributed by atoms with Gasteiger partial charge in [-0.3, -0.25) is 0 Å². The van der Waals surface area contributed by atoms with E-state index in [1.165, 1.54) is 0 Å². The first-order chi connectivity index (χ1) is 18.1. The summed E-state index contributed by atoms with van der Waals surface area (Å²) in [5.41, 5.74) is 4.20. The number of unbranched alkanes of at least 4 members (excludes halogenated alkanes) is 2. The molecule has 2 heterocycles. The Morgan fingerprint density at radius 3 is 2.57 bits per heavy atom. The Morgan fingerprint density at radius 2 is 1.81 bits per heavy atom. The third-order valence-electron chi connectivity index (χ3n) is 6.73. The first kappa shape index (κ1) is 25.5. The van der Waals surface area contributed by atoms with E-state index in [1.54, 1.807) is 7.11 Å². The van der Waals surface area contributed by atoms with Gasteiger partial charge in [0, 0.05) is 22.0 Å². The molecule has 0 saturated carbocycles. The van der Waals surface area contributed by atoms with Gasteiger partial charge < -0.3 is 18.9 Å². The molecule has 0 aromatic heterocycles. The van der Waals surface area contributed by atoms with Gasteiger partial charge in [-0.1, -0.05) is 35.7 Å². The Kier molecular flexibility index (Phi) is 7.89. The van der Waals surface area contributed by atoms with E-state index in [-0.39, 0.29) is 12.3 Å². The van der Waals surface area contributed by atoms with Crippen LogP contribution >= 0.6 is 15.9 Å². The lowest BCUT2D eigenvalue weighted by atomic mass is 9.96. The van der Waals surface area contributed by atoms with Gasteiger partial charge in [0.05, 0.1) is 32.1 Å². The number of methoxy groups -OCH3 is 1. The number of hydrazone groups is 1. The molecule has 0 amide bonds. The lowest BCUT2D eigenvalue weighted by Gasteiger charge is -2.38. The third-order valence-corrected chi connectivity index (χ3v) is 7.22. The quantitative estimate of drug-likeness (QED) is 0.236. The van der Waals surface area contributed by atoms with E-state index < -0.39 is 0 Å². The molecule has 0 fully saturated rings. The summed E-state index contributed by atoms with van der Waals surface area (Å²) in [5.74, 6) is 3.18. The second-order valence-corrected chi connectivity index (χ2v) is 10.1. The van der Waals surface area contributed by atoms with Crippen LogP contribution < -0.4 is 18.9 Å². The second kappa shape index (κ2) is 11.5. The van der Waals surface area contributed by atoms with Gasteiger partial charge in [-0.15, -0.1) is 0 Å². The molecule has 194 valence electrons. The highest BCUT2D eigenvalue weighted by Crippen LogP contribution is 2.49. The fourth-order valence-corrected chi connectivity index (χ4v) is 5.23. The number of halogens is 1. The number of ether oxygens (including phenoxy) is 4. The normalized spacial score (nSPS) is 17.9. The van der Waals surface area contributed by atoms with E-state index >= 15 is 0 Å². The third kappa shape index (κ3) is 5.42. The van der Waals surface area contributed by atoms with Crippen LogP contribution in [0.4, 0.5) is 0 Å². The van der Waals surface area contributed by atoms with Crippen LogP contribution in [0.15, 0.2) is 70.2 Å². The molecule has 2 atom stereocenters. The molecule has 2 aliphatic rings. The van der Waals surface area contributed by atoms with E-state index in [2.05, 4.69) is 46.1 Å². The number of nitrogens with zero attached hydrogens (tertiary/aromatic N) is 2. The van der Waals surface area contributed by atoms with Crippen molar-refractivity contribution in [1.82, 2.24) is 5.01 Å². The molecular formula is C30H33BrN2O4. The molecule has 0 unspecified atom stereocenters. The fraction of sp³-hybridized carbons (Fsp3) is 0.367. The summed E-state index contributed by atoms with van der Waals surface area (Å²) in [5, 5.41) is 7.17. The van der Waals surface area contributed by atoms with Gasteiger partial charge in [0.15, 0.2) is 11.5 Å². The molecule has 5 rings (SSSR count). The average molecular weight is 566 g/mol. The number of rotatable bonds is 10. The van der Waals surface area contributed by atoms with E-state index in [9.17, 15) is 0 Å². The molecule has 6 nitrogen and oxygen atoms in total. The van der Waals surface area contributed by atoms with Crippen LogP contribution in [0.3, 0.4) is 0 Å². The highest BCUT2D eigenvalue weighted by Gasteiger charge is 2.41. The highest BCUT2D eigenvalue weighted by molar-refractivity contribution is 9.10. The Labute approximate surface area is 227 Å². The maximum Gasteiger partial charge on any atom is 0.214 e. The summed E-state index contributed by atoms with van der Waals surface area (Å²) in [6, 6.07) is 20.4. The smallest absolute Gasteiger partial charge is 0.214 e. The first-order valence-electron chi connectivity index (χ1n) is 13.0. The van der Waals surface area contributed by atoms with Gasteiger partial charge in [0.2, 0.25) is 6.23 Å². The van der Waals surface area contributed by atoms with E-state index in [1.807, 2.05) is 49.4 Å². The Hall–Kier alpha value is -3.19. The van der Waals surface area contributed by atoms with Crippen LogP contribution in [0.25, 0.3) is 0 Å². The lowest BCUT2D eigenvalue weighted by molar-refractivity contribution is -0.0192. The zero-order chi connectivity index (χ0) is 25.8. The Morgan fingerprint density at radius 1 is 0.973 bits per heavy atom. The predicted octanol–water partition coefficient (Wildman–Crippen LogP) is 7.67. The van der Waals surface area contributed by atoms with Gasteiger partial charge >= 0.3 is 0 Å². The minimum absolute atomic E-state index is 0.0591. The molecule has 2 aliphatic heterocycles. The van der Waals surface area contributed by atoms with Crippen molar-refractivity contribution in [3.63, 3.8) is 0 Å². The monoisotopic (exact) mass is 564 g/mol. The van der Waals surface area contributed by atoms with Crippen LogP contribution in [0.5, 0.6) is 23.0 Å². The van der Waals surface area contributed by atoms with Crippen LogP contribution in [-0.2, 0) is 0 Å². The van der Waals surface area contributed by atoms with Crippen molar-refractivity contribution in [2.24, 2.45) is 5.10 Å². The zero-order valence-corrected chi connectivity index (χ0v) is 23.2. The predicted molar refractivity (Wildman–Crippen MR) is 149 cm³/mol. The van der Waals surface area contributed by atoms with Crippen molar-refractivity contribution >= 4 is 21.6 Å². The summed E-state index contributed by atoms with van der Waals surface area (Å²) in [4.78, 5) is 0. The summed E-state index contributed by atoms with van der Waals surface area (Å²) in [6.45, 7) is 5.50. The van der Waals surface area contributed by atoms with Gasteiger partial charge in [0.25, 0.3) is 0 Å². The van der Waals surface area contributed by atoms with Crippen molar-refractivity contribution in [3.05, 3.63) is 81.8 Å². The zero-order valence-electron chi connectivity index (χ0n) is 21.6. The Bertz CT molecular complexity index is 1260. The number of benzene rings is 3. The molecule has 3 aromatic rings. The molecule has 3 aromatic carbocycles. The standard InChI is InChI=1S/C30H33BrN2O4/c1-4-6-7-16-36-28-14-10-21(17-29(28)34-3)30-33-26(24-18-22(31)11-15-27(24)37-30)19-25(32-33)20-8-12-23(13-9-20)35-5-2/h8-15,17-18,26,30H,4-7,16,19H2,1-3H3/t26-,30-/m1/s1. The summed E-state index contributed by atoms with van der Waals surface area (Å²) in [6.07, 6.45) is 3.73. The van der Waals surface area contributed by atoms with Gasteiger partial charge in [-0.2, -0.15) is 5.10 Å². The minimum atomic E-state index is -0.387. The summed E-state index contributed by atoms with van der Waals surface area (Å²) < 4.78 is 24.9. The van der Waals surface area contributed by atoms with Gasteiger partial charge in [-0.25, -0.2) is 5.01 Å². The molecule has 37 heavy (non-hydrogen) atoms. The van der Waals surface area contributed by atoms with Crippen molar-refractivity contribution in [2.45, 2.75) is 51.8 Å². The SMILES string of the molecule is CCCCCOc1ccc([C@H]2Oc3ccc(Br)cc3[C@H]3CC(c4ccc(OCC)cc4)=NN32)cc1OC. The van der Waals surface area contributed by atoms with Crippen molar-refractivity contribution in [1.29, 1.82) is 0 Å². The van der Waals surface area contributed by atoms with Gasteiger partial charge in [0.1, 0.15) is 11.5 Å². The average Bonchev–Trinajstić information content (AvgIpc) is 3.37. The highest BCUT2D eigenvalue weighted by atomic mass is 79.9. The van der Waals surface area contributed by atoms with Crippen LogP contribution in [0.1, 0.15) is 68.5 Å². The van der Waals surface area contributed by atoms with Crippen LogP contribution in [-0.4, -0.2) is 31.0 Å². The largest absolute Gasteiger partial charge is 0.494 e. The van der Waals surface area contributed by atoms with Crippen LogP contribution in [0, 0.1) is 0 Å². The molecule has 0 saturated heterocycles. The topological polar surface area (TPSA) is 52.5 Å². The lowest BCUT2D eigenvalue weighted by Crippen LogP contribution is -2.33. The molecule has 0 bridgehead atoms. The Balaban J connectivity index is 1.47. The minimum Gasteiger partial charge on any atom is -0.494 e. The van der Waals surface area contributed by atoms with Crippen molar-refractivity contribution in [3.8, 4) is 23.0 Å². The van der Waals surface area contributed by atoms with Crippen LogP contribution in [0.2, 0.25) is 0 Å². The molecule has 0 radical (unpaired) electrons. The fourth-order valence-electron chi connectivity index (χ4n) is 4.85. The summed E-state index contributed by atoms with van der Waals surface area (Å²) in [7, 11) is 1.67. The number of hydrogen-bond donors (Lipinski definition) is 0. The first-order valence-corrected chi connectivity index (χ1v) is 13.8. The molecule has 0 aliphatic carbocycles. The molecular weight excluding hydrogens is 532 g/mol. The number of fused-ring (bicyclic) bond motifs is 3.